The minimum absolute atomic E-state index is 0. The Morgan fingerprint density at radius 2 is 1.75 bits per heavy atom. The number of carbonyl (C=O) groups is 3. The third-order valence-corrected chi connectivity index (χ3v) is 2.12. The second-order valence-corrected chi connectivity index (χ2v) is 3.14. The minimum atomic E-state index is -1.40. The van der Waals surface area contributed by atoms with Crippen molar-refractivity contribution in [3.8, 4) is 0 Å². The molecule has 0 aromatic rings. The number of carboxylic acid groups (broad SMARTS) is 1. The largest absolute Gasteiger partial charge is 1.00 e. The third-order valence-electron chi connectivity index (χ3n) is 2.12. The Morgan fingerprint density at radius 3 is 2.38 bits per heavy atom. The second-order valence-electron chi connectivity index (χ2n) is 3.14. The molecule has 0 aromatic carbocycles. The van der Waals surface area contributed by atoms with E-state index in [1.165, 1.54) is 24.3 Å². The van der Waals surface area contributed by atoms with Crippen LogP contribution in [-0.2, 0) is 14.4 Å². The van der Waals surface area contributed by atoms with Crippen molar-refractivity contribution >= 4 is 17.5 Å². The van der Waals surface area contributed by atoms with E-state index in [-0.39, 0.29) is 46.5 Å². The van der Waals surface area contributed by atoms with Gasteiger partial charge in [0.2, 0.25) is 0 Å². The number of aliphatic carboxylic acids is 1. The summed E-state index contributed by atoms with van der Waals surface area (Å²) >= 11 is 0. The van der Waals surface area contributed by atoms with Crippen molar-refractivity contribution in [1.82, 2.24) is 0 Å². The van der Waals surface area contributed by atoms with Crippen molar-refractivity contribution in [3.05, 3.63) is 47.1 Å². The van der Waals surface area contributed by atoms with E-state index in [1.807, 2.05) is 0 Å². The van der Waals surface area contributed by atoms with Gasteiger partial charge in [-0.2, -0.15) is 0 Å². The van der Waals surface area contributed by atoms with Crippen molar-refractivity contribution in [2.75, 3.05) is 0 Å². The van der Waals surface area contributed by atoms with Gasteiger partial charge in [0.15, 0.2) is 11.6 Å². The monoisotopic (exact) mass is 224 g/mol. The van der Waals surface area contributed by atoms with E-state index in [0.29, 0.717) is 5.57 Å². The predicted molar refractivity (Wildman–Crippen MR) is 48.4 cm³/mol. The Labute approximate surface area is 113 Å². The first-order valence-corrected chi connectivity index (χ1v) is 4.21. The van der Waals surface area contributed by atoms with Gasteiger partial charge in [0.25, 0.3) is 0 Å². The molecule has 2 aliphatic rings. The van der Waals surface area contributed by atoms with E-state index in [0.717, 1.165) is 6.08 Å². The third kappa shape index (κ3) is 2.29. The molecular weight excluding hydrogens is 219 g/mol. The average molecular weight is 224 g/mol. The topological polar surface area (TPSA) is 74.3 Å². The molecule has 0 amide bonds. The first kappa shape index (κ1) is 12.8. The number of hydrogen-bond acceptors (Lipinski definition) is 4. The summed E-state index contributed by atoms with van der Waals surface area (Å²) in [4.78, 5) is 33.0. The van der Waals surface area contributed by atoms with Crippen LogP contribution in [0.2, 0.25) is 0 Å². The molecule has 0 saturated carbocycles. The van der Waals surface area contributed by atoms with Crippen molar-refractivity contribution in [2.24, 2.45) is 0 Å². The summed E-state index contributed by atoms with van der Waals surface area (Å²) in [5.74, 6) is -2.16. The number of allylic oxidation sites excluding steroid dienone is 6. The molecule has 4 nitrogen and oxygen atoms in total. The van der Waals surface area contributed by atoms with E-state index in [4.69, 9.17) is 0 Å². The van der Waals surface area contributed by atoms with Gasteiger partial charge in [0.05, 0.1) is 5.97 Å². The van der Waals surface area contributed by atoms with Gasteiger partial charge >= 0.3 is 29.6 Å². The zero-order chi connectivity index (χ0) is 11.0. The number of fused-ring (bicyclic) bond motifs is 1. The zero-order valence-corrected chi connectivity index (χ0v) is 10.5. The quantitative estimate of drug-likeness (QED) is 0.429. The van der Waals surface area contributed by atoms with E-state index in [2.05, 4.69) is 0 Å². The summed E-state index contributed by atoms with van der Waals surface area (Å²) in [6.07, 6.45) is 6.16. The van der Waals surface area contributed by atoms with Crippen LogP contribution < -0.4 is 34.7 Å². The molecule has 0 bridgehead atoms. The fraction of sp³-hybridized carbons (Fsp3) is 0. The molecule has 0 spiro atoms. The molecule has 2 rings (SSSR count). The van der Waals surface area contributed by atoms with Crippen LogP contribution in [-0.4, -0.2) is 17.5 Å². The van der Waals surface area contributed by atoms with Crippen LogP contribution in [0.15, 0.2) is 47.1 Å². The molecule has 16 heavy (non-hydrogen) atoms. The van der Waals surface area contributed by atoms with Crippen LogP contribution >= 0.6 is 0 Å². The van der Waals surface area contributed by atoms with E-state index in [9.17, 15) is 19.5 Å². The molecule has 0 aliphatic heterocycles. The number of carboxylic acids is 1. The summed E-state index contributed by atoms with van der Waals surface area (Å²) in [5, 5.41) is 10.6. The summed E-state index contributed by atoms with van der Waals surface area (Å²) in [5.41, 5.74) is 0.486. The fourth-order valence-corrected chi connectivity index (χ4v) is 1.42. The maximum Gasteiger partial charge on any atom is 1.00 e. The molecule has 0 atom stereocenters. The Kier molecular flexibility index (Phi) is 3.80. The van der Waals surface area contributed by atoms with Crippen LogP contribution in [0.4, 0.5) is 0 Å². The summed E-state index contributed by atoms with van der Waals surface area (Å²) < 4.78 is 0. The molecule has 0 saturated heterocycles. The molecule has 0 N–H and O–H groups in total. The Hall–Kier alpha value is -1.23. The van der Waals surface area contributed by atoms with Gasteiger partial charge in [-0.3, -0.25) is 9.59 Å². The van der Waals surface area contributed by atoms with Crippen LogP contribution in [0.25, 0.3) is 0 Å². The molecule has 74 valence electrons. The van der Waals surface area contributed by atoms with Crippen molar-refractivity contribution in [2.45, 2.75) is 0 Å². The first-order chi connectivity index (χ1) is 7.08. The molecular formula is C11H5NaO4. The maximum absolute atomic E-state index is 11.4. The SMILES string of the molecule is O=C1C=CC2=CC(C(=O)[O-])=CC(=O)C2=C1.[Na+]. The smallest absolute Gasteiger partial charge is 0.545 e. The van der Waals surface area contributed by atoms with Crippen molar-refractivity contribution in [3.63, 3.8) is 0 Å². The first-order valence-electron chi connectivity index (χ1n) is 4.21. The van der Waals surface area contributed by atoms with Crippen molar-refractivity contribution in [1.29, 1.82) is 0 Å². The Bertz CT molecular complexity index is 506. The van der Waals surface area contributed by atoms with Gasteiger partial charge in [0, 0.05) is 11.1 Å². The van der Waals surface area contributed by atoms with Gasteiger partial charge in [-0.1, -0.05) is 6.08 Å². The van der Waals surface area contributed by atoms with E-state index < -0.39 is 11.8 Å². The number of rotatable bonds is 1. The number of ketones is 2. The van der Waals surface area contributed by atoms with Crippen LogP contribution in [0, 0.1) is 0 Å². The number of carbonyl (C=O) groups excluding carboxylic acids is 3. The van der Waals surface area contributed by atoms with E-state index in [1.54, 1.807) is 0 Å². The van der Waals surface area contributed by atoms with Gasteiger partial charge in [0.1, 0.15) is 0 Å². The standard InChI is InChI=1S/C11H6O4.Na/c12-8-2-1-6-3-7(11(14)15)4-10(13)9(6)5-8;/h1-5H,(H,14,15);/q;+1/p-1. The Balaban J connectivity index is 0.00000128. The molecule has 0 unspecified atom stereocenters. The zero-order valence-electron chi connectivity index (χ0n) is 8.52. The predicted octanol–water partition coefficient (Wildman–Crippen LogP) is -3.76. The molecule has 0 radical (unpaired) electrons. The average Bonchev–Trinajstić information content (AvgIpc) is 2.18. The van der Waals surface area contributed by atoms with Crippen LogP contribution in [0.1, 0.15) is 0 Å². The molecule has 0 aromatic heterocycles. The maximum atomic E-state index is 11.4. The van der Waals surface area contributed by atoms with E-state index >= 15 is 0 Å². The molecule has 2 aliphatic carbocycles. The normalized spacial score (nSPS) is 17.9. The molecule has 0 heterocycles. The van der Waals surface area contributed by atoms with Crippen molar-refractivity contribution < 1.29 is 49.0 Å². The summed E-state index contributed by atoms with van der Waals surface area (Å²) in [6, 6.07) is 0. The molecule has 5 heteroatoms. The van der Waals surface area contributed by atoms with Crippen LogP contribution in [0.3, 0.4) is 0 Å². The minimum Gasteiger partial charge on any atom is -0.545 e. The summed E-state index contributed by atoms with van der Waals surface area (Å²) in [6.45, 7) is 0. The molecule has 0 fully saturated rings. The summed E-state index contributed by atoms with van der Waals surface area (Å²) in [7, 11) is 0. The van der Waals surface area contributed by atoms with Gasteiger partial charge < -0.3 is 9.90 Å². The van der Waals surface area contributed by atoms with Gasteiger partial charge in [-0.05, 0) is 29.9 Å². The number of hydrogen-bond donors (Lipinski definition) is 0. The fourth-order valence-electron chi connectivity index (χ4n) is 1.42. The van der Waals surface area contributed by atoms with Crippen LogP contribution in [0.5, 0.6) is 0 Å². The Morgan fingerprint density at radius 1 is 1.06 bits per heavy atom. The van der Waals surface area contributed by atoms with Gasteiger partial charge in [-0.15, -0.1) is 0 Å². The van der Waals surface area contributed by atoms with Gasteiger partial charge in [-0.25, -0.2) is 0 Å². The second kappa shape index (κ2) is 4.74.